The van der Waals surface area contributed by atoms with Crippen LogP contribution < -0.4 is 4.74 Å². The zero-order valence-electron chi connectivity index (χ0n) is 7.90. The molecule has 0 amide bonds. The van der Waals surface area contributed by atoms with E-state index < -0.39 is 5.82 Å². The molecule has 0 spiro atoms. The van der Waals surface area contributed by atoms with Crippen LogP contribution in [0.4, 0.5) is 4.39 Å². The van der Waals surface area contributed by atoms with Crippen molar-refractivity contribution in [3.63, 3.8) is 0 Å². The fourth-order valence-corrected chi connectivity index (χ4v) is 1.34. The summed E-state index contributed by atoms with van der Waals surface area (Å²) >= 11 is 5.66. The topological polar surface area (TPSA) is 9.23 Å². The molecule has 1 aromatic carbocycles. The molecule has 0 N–H and O–H groups in total. The average Bonchev–Trinajstić information content (AvgIpc) is 2.08. The highest BCUT2D eigenvalue weighted by Gasteiger charge is 2.11. The third-order valence-electron chi connectivity index (χ3n) is 1.89. The Hall–Kier alpha value is -0.760. The van der Waals surface area contributed by atoms with Gasteiger partial charge in [-0.3, -0.25) is 0 Å². The standard InChI is InChI=1S/C10H12ClFO/c1-6(2)7-4-8(11)9(12)5-10(7)13-3/h4-6H,1-3H3. The number of hydrogen-bond donors (Lipinski definition) is 0. The molecule has 0 aliphatic rings. The molecule has 0 radical (unpaired) electrons. The van der Waals surface area contributed by atoms with Crippen LogP contribution in [0.5, 0.6) is 5.75 Å². The maximum absolute atomic E-state index is 13.0. The van der Waals surface area contributed by atoms with Gasteiger partial charge in [-0.15, -0.1) is 0 Å². The van der Waals surface area contributed by atoms with Crippen LogP contribution in [0.1, 0.15) is 25.3 Å². The van der Waals surface area contributed by atoms with Crippen molar-refractivity contribution in [1.82, 2.24) is 0 Å². The van der Waals surface area contributed by atoms with Crippen LogP contribution in [0.15, 0.2) is 12.1 Å². The average molecular weight is 203 g/mol. The summed E-state index contributed by atoms with van der Waals surface area (Å²) in [5.74, 6) is 0.382. The molecule has 0 aromatic heterocycles. The molecule has 13 heavy (non-hydrogen) atoms. The molecule has 0 saturated carbocycles. The van der Waals surface area contributed by atoms with E-state index in [0.717, 1.165) is 5.56 Å². The first-order chi connectivity index (χ1) is 6.06. The van der Waals surface area contributed by atoms with Crippen LogP contribution in [0, 0.1) is 5.82 Å². The van der Waals surface area contributed by atoms with E-state index in [4.69, 9.17) is 16.3 Å². The van der Waals surface area contributed by atoms with Crippen LogP contribution in [0.2, 0.25) is 5.02 Å². The van der Waals surface area contributed by atoms with E-state index in [2.05, 4.69) is 0 Å². The van der Waals surface area contributed by atoms with Crippen LogP contribution >= 0.6 is 11.6 Å². The second kappa shape index (κ2) is 3.97. The van der Waals surface area contributed by atoms with E-state index in [1.807, 2.05) is 13.8 Å². The molecule has 1 aromatic rings. The van der Waals surface area contributed by atoms with Gasteiger partial charge in [0.2, 0.25) is 0 Å². The number of benzene rings is 1. The lowest BCUT2D eigenvalue weighted by molar-refractivity contribution is 0.404. The summed E-state index contributed by atoms with van der Waals surface area (Å²) < 4.78 is 18.0. The van der Waals surface area contributed by atoms with Gasteiger partial charge in [-0.2, -0.15) is 0 Å². The first kappa shape index (κ1) is 10.3. The molecule has 0 aliphatic heterocycles. The van der Waals surface area contributed by atoms with Crippen molar-refractivity contribution in [1.29, 1.82) is 0 Å². The van der Waals surface area contributed by atoms with Gasteiger partial charge >= 0.3 is 0 Å². The van der Waals surface area contributed by atoms with E-state index in [9.17, 15) is 4.39 Å². The Morgan fingerprint density at radius 2 is 2.00 bits per heavy atom. The Morgan fingerprint density at radius 3 is 2.46 bits per heavy atom. The van der Waals surface area contributed by atoms with Gasteiger partial charge in [0, 0.05) is 6.07 Å². The summed E-state index contributed by atoms with van der Waals surface area (Å²) in [4.78, 5) is 0. The van der Waals surface area contributed by atoms with Crippen LogP contribution in [-0.4, -0.2) is 7.11 Å². The minimum atomic E-state index is -0.442. The minimum Gasteiger partial charge on any atom is -0.496 e. The minimum absolute atomic E-state index is 0.143. The summed E-state index contributed by atoms with van der Waals surface area (Å²) in [5, 5.41) is 0.143. The van der Waals surface area contributed by atoms with Gasteiger partial charge < -0.3 is 4.74 Å². The van der Waals surface area contributed by atoms with Gasteiger partial charge in [0.1, 0.15) is 11.6 Å². The predicted molar refractivity (Wildman–Crippen MR) is 52.1 cm³/mol. The highest BCUT2D eigenvalue weighted by atomic mass is 35.5. The molecule has 1 nitrogen and oxygen atoms in total. The monoisotopic (exact) mass is 202 g/mol. The summed E-state index contributed by atoms with van der Waals surface area (Å²) in [6, 6.07) is 2.93. The molecule has 0 aliphatic carbocycles. The van der Waals surface area contributed by atoms with E-state index in [1.54, 1.807) is 6.07 Å². The number of methoxy groups -OCH3 is 1. The molecule has 0 heterocycles. The smallest absolute Gasteiger partial charge is 0.145 e. The van der Waals surface area contributed by atoms with Crippen LogP contribution in [-0.2, 0) is 0 Å². The predicted octanol–water partition coefficient (Wildman–Crippen LogP) is 3.61. The van der Waals surface area contributed by atoms with Gasteiger partial charge in [-0.05, 0) is 17.5 Å². The normalized spacial score (nSPS) is 10.6. The Balaban J connectivity index is 3.25. The number of ether oxygens (including phenoxy) is 1. The third-order valence-corrected chi connectivity index (χ3v) is 2.18. The number of rotatable bonds is 2. The van der Waals surface area contributed by atoms with Crippen molar-refractivity contribution in [3.8, 4) is 5.75 Å². The van der Waals surface area contributed by atoms with E-state index >= 15 is 0 Å². The summed E-state index contributed by atoms with van der Waals surface area (Å²) in [5.41, 5.74) is 0.925. The van der Waals surface area contributed by atoms with Crippen LogP contribution in [0.3, 0.4) is 0 Å². The lowest BCUT2D eigenvalue weighted by Crippen LogP contribution is -1.95. The Morgan fingerprint density at radius 1 is 1.38 bits per heavy atom. The molecule has 0 unspecified atom stereocenters. The lowest BCUT2D eigenvalue weighted by atomic mass is 10.0. The summed E-state index contributed by atoms with van der Waals surface area (Å²) in [6.07, 6.45) is 0. The molecular weight excluding hydrogens is 191 g/mol. The highest BCUT2D eigenvalue weighted by molar-refractivity contribution is 6.30. The van der Waals surface area contributed by atoms with E-state index in [1.165, 1.54) is 13.2 Å². The Labute approximate surface area is 82.5 Å². The number of hydrogen-bond acceptors (Lipinski definition) is 1. The van der Waals surface area contributed by atoms with E-state index in [-0.39, 0.29) is 10.9 Å². The molecule has 0 bridgehead atoms. The lowest BCUT2D eigenvalue weighted by Gasteiger charge is -2.12. The quantitative estimate of drug-likeness (QED) is 0.712. The SMILES string of the molecule is COc1cc(F)c(Cl)cc1C(C)C. The Kier molecular flexibility index (Phi) is 3.15. The van der Waals surface area contributed by atoms with Gasteiger partial charge in [-0.1, -0.05) is 25.4 Å². The fraction of sp³-hybridized carbons (Fsp3) is 0.400. The van der Waals surface area contributed by atoms with E-state index in [0.29, 0.717) is 5.75 Å². The fourth-order valence-electron chi connectivity index (χ4n) is 1.17. The zero-order valence-corrected chi connectivity index (χ0v) is 8.65. The Bertz CT molecular complexity index is 310. The van der Waals surface area contributed by atoms with Crippen molar-refractivity contribution in [2.75, 3.05) is 7.11 Å². The largest absolute Gasteiger partial charge is 0.496 e. The maximum atomic E-state index is 13.0. The zero-order chi connectivity index (χ0) is 10.0. The third kappa shape index (κ3) is 2.13. The van der Waals surface area contributed by atoms with Gasteiger partial charge in [0.15, 0.2) is 0 Å². The molecular formula is C10H12ClFO. The molecule has 72 valence electrons. The maximum Gasteiger partial charge on any atom is 0.145 e. The summed E-state index contributed by atoms with van der Waals surface area (Å²) in [7, 11) is 1.52. The molecule has 1 rings (SSSR count). The molecule has 0 fully saturated rings. The highest BCUT2D eigenvalue weighted by Crippen LogP contribution is 2.30. The molecule has 0 saturated heterocycles. The molecule has 0 atom stereocenters. The second-order valence-electron chi connectivity index (χ2n) is 3.16. The van der Waals surface area contributed by atoms with Crippen molar-refractivity contribution in [2.24, 2.45) is 0 Å². The molecule has 3 heteroatoms. The summed E-state index contributed by atoms with van der Waals surface area (Å²) in [6.45, 7) is 4.01. The van der Waals surface area contributed by atoms with Crippen molar-refractivity contribution < 1.29 is 9.13 Å². The van der Waals surface area contributed by atoms with Crippen LogP contribution in [0.25, 0.3) is 0 Å². The van der Waals surface area contributed by atoms with Gasteiger partial charge in [0.25, 0.3) is 0 Å². The van der Waals surface area contributed by atoms with Gasteiger partial charge in [-0.25, -0.2) is 4.39 Å². The van der Waals surface area contributed by atoms with Crippen molar-refractivity contribution in [2.45, 2.75) is 19.8 Å². The van der Waals surface area contributed by atoms with Crippen molar-refractivity contribution in [3.05, 3.63) is 28.5 Å². The van der Waals surface area contributed by atoms with Crippen molar-refractivity contribution >= 4 is 11.6 Å². The first-order valence-electron chi connectivity index (χ1n) is 4.09. The first-order valence-corrected chi connectivity index (χ1v) is 4.47. The second-order valence-corrected chi connectivity index (χ2v) is 3.57. The number of halogens is 2. The van der Waals surface area contributed by atoms with Gasteiger partial charge in [0.05, 0.1) is 12.1 Å².